The number of halogens is 1. The number of benzene rings is 2. The number of nitrogens with zero attached hydrogens (tertiary/aromatic N) is 2. The quantitative estimate of drug-likeness (QED) is 0.694. The Labute approximate surface area is 164 Å². The molecule has 1 saturated heterocycles. The third-order valence-electron chi connectivity index (χ3n) is 5.16. The number of aryl methyl sites for hydroxylation is 1. The Morgan fingerprint density at radius 3 is 2.33 bits per heavy atom. The summed E-state index contributed by atoms with van der Waals surface area (Å²) < 4.78 is 5.86. The van der Waals surface area contributed by atoms with Crippen molar-refractivity contribution in [2.45, 2.75) is 20.0 Å². The average molecular weight is 385 g/mol. The van der Waals surface area contributed by atoms with E-state index in [0.29, 0.717) is 16.8 Å². The Balaban J connectivity index is 1.30. The maximum Gasteiger partial charge on any atom is 0.271 e. The van der Waals surface area contributed by atoms with Crippen LogP contribution in [0.4, 0.5) is 0 Å². The van der Waals surface area contributed by atoms with E-state index in [0.717, 1.165) is 31.7 Å². The highest BCUT2D eigenvalue weighted by atomic mass is 35.5. The van der Waals surface area contributed by atoms with Gasteiger partial charge >= 0.3 is 0 Å². The van der Waals surface area contributed by atoms with Gasteiger partial charge in [-0.3, -0.25) is 0 Å². The van der Waals surface area contributed by atoms with Gasteiger partial charge in [0.2, 0.25) is 5.89 Å². The highest BCUT2D eigenvalue weighted by Gasteiger charge is 2.25. The second-order valence-electron chi connectivity index (χ2n) is 7.35. The first kappa shape index (κ1) is 18.2. The van der Waals surface area contributed by atoms with Crippen LogP contribution < -0.4 is 9.80 Å². The molecule has 3 aromatic rings. The standard InChI is InChI=1S/C21H23ClN4O/c1-16-3-2-4-17(13-16)14-25-9-11-26(12-10-25)15-20-23-24-21(27-20)18-5-7-19(22)8-6-18/h2-8,13H,9-12,14-15H2,1H3/p+2. The lowest BCUT2D eigenvalue weighted by atomic mass is 10.1. The fourth-order valence-electron chi connectivity index (χ4n) is 3.67. The maximum absolute atomic E-state index is 5.93. The summed E-state index contributed by atoms with van der Waals surface area (Å²) in [6, 6.07) is 16.3. The van der Waals surface area contributed by atoms with Crippen LogP contribution in [0.15, 0.2) is 52.9 Å². The molecule has 1 aliphatic heterocycles. The van der Waals surface area contributed by atoms with Gasteiger partial charge in [-0.15, -0.1) is 10.2 Å². The molecule has 2 N–H and O–H groups in total. The van der Waals surface area contributed by atoms with Crippen molar-refractivity contribution in [1.29, 1.82) is 0 Å². The normalized spacial score (nSPS) is 19.9. The monoisotopic (exact) mass is 384 g/mol. The Morgan fingerprint density at radius 1 is 0.926 bits per heavy atom. The second-order valence-corrected chi connectivity index (χ2v) is 7.79. The van der Waals surface area contributed by atoms with Crippen molar-refractivity contribution in [1.82, 2.24) is 10.2 Å². The number of aromatic nitrogens is 2. The second kappa shape index (κ2) is 8.21. The summed E-state index contributed by atoms with van der Waals surface area (Å²) in [5, 5.41) is 9.11. The molecule has 5 nitrogen and oxygen atoms in total. The highest BCUT2D eigenvalue weighted by Crippen LogP contribution is 2.19. The van der Waals surface area contributed by atoms with Gasteiger partial charge in [0.25, 0.3) is 5.89 Å². The van der Waals surface area contributed by atoms with E-state index in [2.05, 4.69) is 41.4 Å². The molecule has 0 atom stereocenters. The van der Waals surface area contributed by atoms with Crippen LogP contribution in [0, 0.1) is 6.92 Å². The zero-order chi connectivity index (χ0) is 18.6. The zero-order valence-corrected chi connectivity index (χ0v) is 16.3. The largest absolute Gasteiger partial charge is 0.415 e. The van der Waals surface area contributed by atoms with Gasteiger partial charge in [-0.2, -0.15) is 0 Å². The zero-order valence-electron chi connectivity index (χ0n) is 15.5. The minimum atomic E-state index is 0.560. The average Bonchev–Trinajstić information content (AvgIpc) is 3.12. The molecule has 0 spiro atoms. The molecule has 0 bridgehead atoms. The number of hydrogen-bond acceptors (Lipinski definition) is 3. The first-order chi connectivity index (χ1) is 13.2. The number of hydrogen-bond donors (Lipinski definition) is 2. The molecule has 140 valence electrons. The van der Waals surface area contributed by atoms with E-state index in [4.69, 9.17) is 16.0 Å². The van der Waals surface area contributed by atoms with Gasteiger partial charge < -0.3 is 14.2 Å². The van der Waals surface area contributed by atoms with Crippen molar-refractivity contribution >= 4 is 11.6 Å². The molecular formula is C21H25ClN4O+2. The molecular weight excluding hydrogens is 360 g/mol. The van der Waals surface area contributed by atoms with Gasteiger partial charge in [-0.05, 0) is 31.2 Å². The summed E-state index contributed by atoms with van der Waals surface area (Å²) in [7, 11) is 0. The minimum absolute atomic E-state index is 0.560. The van der Waals surface area contributed by atoms with Gasteiger partial charge in [-0.25, -0.2) is 0 Å². The molecule has 0 amide bonds. The summed E-state index contributed by atoms with van der Waals surface area (Å²) in [5.41, 5.74) is 3.67. The Kier molecular flexibility index (Phi) is 5.53. The molecule has 0 aliphatic carbocycles. The maximum atomic E-state index is 5.93. The summed E-state index contributed by atoms with van der Waals surface area (Å²) in [6.45, 7) is 8.64. The first-order valence-electron chi connectivity index (χ1n) is 9.47. The topological polar surface area (TPSA) is 47.8 Å². The van der Waals surface area contributed by atoms with Crippen LogP contribution in [-0.2, 0) is 13.1 Å². The minimum Gasteiger partial charge on any atom is -0.415 e. The van der Waals surface area contributed by atoms with Gasteiger partial charge in [0.05, 0.1) is 0 Å². The molecule has 1 aromatic heterocycles. The fourth-order valence-corrected chi connectivity index (χ4v) is 3.80. The third-order valence-corrected chi connectivity index (χ3v) is 5.41. The van der Waals surface area contributed by atoms with E-state index in [9.17, 15) is 0 Å². The van der Waals surface area contributed by atoms with Gasteiger partial charge in [-0.1, -0.05) is 41.4 Å². The van der Waals surface area contributed by atoms with Gasteiger partial charge in [0.15, 0.2) is 6.54 Å². The van der Waals surface area contributed by atoms with Crippen LogP contribution in [0.2, 0.25) is 5.02 Å². The lowest BCUT2D eigenvalue weighted by Gasteiger charge is -2.29. The van der Waals surface area contributed by atoms with Crippen LogP contribution in [0.5, 0.6) is 0 Å². The first-order valence-corrected chi connectivity index (χ1v) is 9.84. The van der Waals surface area contributed by atoms with Gasteiger partial charge in [0, 0.05) is 16.1 Å². The number of piperazine rings is 1. The van der Waals surface area contributed by atoms with Crippen molar-refractivity contribution in [3.8, 4) is 11.5 Å². The Hall–Kier alpha value is -2.21. The van der Waals surface area contributed by atoms with Crippen molar-refractivity contribution in [3.63, 3.8) is 0 Å². The molecule has 6 heteroatoms. The molecule has 4 rings (SSSR count). The molecule has 2 aromatic carbocycles. The van der Waals surface area contributed by atoms with Crippen LogP contribution in [0.1, 0.15) is 17.0 Å². The van der Waals surface area contributed by atoms with Crippen molar-refractivity contribution in [2.75, 3.05) is 26.2 Å². The lowest BCUT2D eigenvalue weighted by Crippen LogP contribution is -3.27. The van der Waals surface area contributed by atoms with Crippen molar-refractivity contribution in [2.24, 2.45) is 0 Å². The smallest absolute Gasteiger partial charge is 0.271 e. The fraction of sp³-hybridized carbons (Fsp3) is 0.333. The van der Waals surface area contributed by atoms with Crippen LogP contribution in [0.3, 0.4) is 0 Å². The van der Waals surface area contributed by atoms with E-state index in [1.807, 2.05) is 24.3 Å². The summed E-state index contributed by atoms with van der Waals surface area (Å²) in [6.07, 6.45) is 0. The van der Waals surface area contributed by atoms with E-state index in [1.54, 1.807) is 4.90 Å². The predicted octanol–water partition coefficient (Wildman–Crippen LogP) is 1.18. The molecule has 2 heterocycles. The summed E-state index contributed by atoms with van der Waals surface area (Å²) in [5.74, 6) is 1.27. The SMILES string of the molecule is Cc1cccc(C[NH+]2CC[NH+](Cc3nnc(-c4ccc(Cl)cc4)o3)CC2)c1. The molecule has 0 unspecified atom stereocenters. The van der Waals surface area contributed by atoms with Crippen molar-refractivity contribution < 1.29 is 14.2 Å². The van der Waals surface area contributed by atoms with E-state index in [1.165, 1.54) is 29.1 Å². The Bertz CT molecular complexity index is 885. The van der Waals surface area contributed by atoms with Crippen LogP contribution in [-0.4, -0.2) is 36.4 Å². The highest BCUT2D eigenvalue weighted by molar-refractivity contribution is 6.30. The van der Waals surface area contributed by atoms with Crippen LogP contribution >= 0.6 is 11.6 Å². The van der Waals surface area contributed by atoms with Crippen molar-refractivity contribution in [3.05, 3.63) is 70.6 Å². The molecule has 1 aliphatic rings. The molecule has 1 fully saturated rings. The summed E-state index contributed by atoms with van der Waals surface area (Å²) >= 11 is 5.93. The number of quaternary nitrogens is 2. The third kappa shape index (κ3) is 4.75. The van der Waals surface area contributed by atoms with Gasteiger partial charge in [0.1, 0.15) is 32.7 Å². The molecule has 0 radical (unpaired) electrons. The molecule has 27 heavy (non-hydrogen) atoms. The van der Waals surface area contributed by atoms with E-state index < -0.39 is 0 Å². The number of nitrogens with one attached hydrogen (secondary N) is 2. The predicted molar refractivity (Wildman–Crippen MR) is 105 cm³/mol. The van der Waals surface area contributed by atoms with Crippen LogP contribution in [0.25, 0.3) is 11.5 Å². The Morgan fingerprint density at radius 2 is 1.63 bits per heavy atom. The molecule has 0 saturated carbocycles. The van der Waals surface area contributed by atoms with E-state index >= 15 is 0 Å². The number of rotatable bonds is 5. The lowest BCUT2D eigenvalue weighted by molar-refractivity contribution is -1.02. The summed E-state index contributed by atoms with van der Waals surface area (Å²) in [4.78, 5) is 3.16. The van der Waals surface area contributed by atoms with E-state index in [-0.39, 0.29) is 0 Å².